The van der Waals surface area contributed by atoms with Crippen LogP contribution in [0, 0.1) is 12.3 Å². The number of anilines is 1. The van der Waals surface area contributed by atoms with Crippen LogP contribution in [0.1, 0.15) is 32.8 Å². The number of hydrogen-bond acceptors (Lipinski definition) is 4. The highest BCUT2D eigenvalue weighted by Gasteiger charge is 2.11. The standard InChI is InChI=1S/C11H19N3O/c1-8-9(12)13-7-14-10(8)15-6-5-11(2,3)4/h7H,5-6H2,1-4H3,(H2,12,13,14). The molecule has 0 unspecified atom stereocenters. The van der Waals surface area contributed by atoms with Crippen molar-refractivity contribution >= 4 is 5.82 Å². The van der Waals surface area contributed by atoms with Gasteiger partial charge in [0.1, 0.15) is 12.1 Å². The van der Waals surface area contributed by atoms with Crippen LogP contribution in [0.2, 0.25) is 0 Å². The van der Waals surface area contributed by atoms with Gasteiger partial charge in [0.2, 0.25) is 5.88 Å². The predicted octanol–water partition coefficient (Wildman–Crippen LogP) is 2.18. The maximum absolute atomic E-state index is 5.65. The zero-order valence-electron chi connectivity index (χ0n) is 9.87. The van der Waals surface area contributed by atoms with Crippen LogP contribution in [0.15, 0.2) is 6.33 Å². The van der Waals surface area contributed by atoms with Gasteiger partial charge in [0, 0.05) is 0 Å². The highest BCUT2D eigenvalue weighted by atomic mass is 16.5. The van der Waals surface area contributed by atoms with Crippen LogP contribution in [0.3, 0.4) is 0 Å². The van der Waals surface area contributed by atoms with Gasteiger partial charge in [-0.05, 0) is 18.8 Å². The molecule has 1 rings (SSSR count). The van der Waals surface area contributed by atoms with Crippen LogP contribution in [0.5, 0.6) is 5.88 Å². The number of nitrogens with zero attached hydrogens (tertiary/aromatic N) is 2. The van der Waals surface area contributed by atoms with Gasteiger partial charge in [-0.1, -0.05) is 20.8 Å². The minimum absolute atomic E-state index is 0.270. The quantitative estimate of drug-likeness (QED) is 0.828. The molecule has 4 heteroatoms. The van der Waals surface area contributed by atoms with E-state index in [1.165, 1.54) is 6.33 Å². The smallest absolute Gasteiger partial charge is 0.221 e. The number of hydrogen-bond donors (Lipinski definition) is 1. The maximum Gasteiger partial charge on any atom is 0.221 e. The third kappa shape index (κ3) is 3.73. The lowest BCUT2D eigenvalue weighted by Crippen LogP contribution is -2.12. The maximum atomic E-state index is 5.65. The van der Waals surface area contributed by atoms with E-state index in [1.807, 2.05) is 6.92 Å². The van der Waals surface area contributed by atoms with Gasteiger partial charge in [-0.15, -0.1) is 0 Å². The molecule has 0 atom stereocenters. The lowest BCUT2D eigenvalue weighted by atomic mass is 9.93. The molecular formula is C11H19N3O. The SMILES string of the molecule is Cc1c(N)ncnc1OCCC(C)(C)C. The Morgan fingerprint density at radius 1 is 1.33 bits per heavy atom. The Kier molecular flexibility index (Phi) is 3.50. The zero-order chi connectivity index (χ0) is 11.5. The normalized spacial score (nSPS) is 11.5. The molecule has 1 aromatic heterocycles. The van der Waals surface area contributed by atoms with Gasteiger partial charge in [0.25, 0.3) is 0 Å². The highest BCUT2D eigenvalue weighted by Crippen LogP contribution is 2.21. The fourth-order valence-electron chi connectivity index (χ4n) is 1.05. The topological polar surface area (TPSA) is 61.0 Å². The molecule has 0 aliphatic rings. The van der Waals surface area contributed by atoms with Crippen molar-refractivity contribution in [1.29, 1.82) is 0 Å². The summed E-state index contributed by atoms with van der Waals surface area (Å²) < 4.78 is 5.56. The molecule has 1 aromatic rings. The Balaban J connectivity index is 2.55. The minimum atomic E-state index is 0.270. The minimum Gasteiger partial charge on any atom is -0.477 e. The summed E-state index contributed by atoms with van der Waals surface area (Å²) >= 11 is 0. The summed E-state index contributed by atoms with van der Waals surface area (Å²) in [5.74, 6) is 1.07. The van der Waals surface area contributed by atoms with Crippen molar-refractivity contribution in [2.75, 3.05) is 12.3 Å². The van der Waals surface area contributed by atoms with Gasteiger partial charge in [0.05, 0.1) is 12.2 Å². The van der Waals surface area contributed by atoms with Crippen molar-refractivity contribution < 1.29 is 4.74 Å². The molecule has 0 radical (unpaired) electrons. The first-order valence-electron chi connectivity index (χ1n) is 5.10. The fraction of sp³-hybridized carbons (Fsp3) is 0.636. The van der Waals surface area contributed by atoms with Crippen molar-refractivity contribution in [3.63, 3.8) is 0 Å². The van der Waals surface area contributed by atoms with E-state index in [0.29, 0.717) is 18.3 Å². The second-order valence-corrected chi connectivity index (χ2v) is 4.85. The molecule has 0 spiro atoms. The number of aromatic nitrogens is 2. The van der Waals surface area contributed by atoms with E-state index in [-0.39, 0.29) is 5.41 Å². The molecular weight excluding hydrogens is 190 g/mol. The Morgan fingerprint density at radius 3 is 2.60 bits per heavy atom. The van der Waals surface area contributed by atoms with Crippen LogP contribution < -0.4 is 10.5 Å². The molecule has 1 heterocycles. The molecule has 0 aliphatic heterocycles. The molecule has 84 valence electrons. The van der Waals surface area contributed by atoms with Gasteiger partial charge in [-0.3, -0.25) is 0 Å². The first-order chi connectivity index (χ1) is 6.90. The number of nitrogens with two attached hydrogens (primary N) is 1. The Hall–Kier alpha value is -1.32. The van der Waals surface area contributed by atoms with Crippen LogP contribution in [-0.4, -0.2) is 16.6 Å². The average Bonchev–Trinajstić information content (AvgIpc) is 2.10. The van der Waals surface area contributed by atoms with Gasteiger partial charge < -0.3 is 10.5 Å². The summed E-state index contributed by atoms with van der Waals surface area (Å²) in [6.45, 7) is 9.05. The third-order valence-corrected chi connectivity index (χ3v) is 2.17. The van der Waals surface area contributed by atoms with Crippen molar-refractivity contribution in [2.24, 2.45) is 5.41 Å². The molecule has 0 aromatic carbocycles. The molecule has 4 nitrogen and oxygen atoms in total. The summed E-state index contributed by atoms with van der Waals surface area (Å²) in [5.41, 5.74) is 6.73. The summed E-state index contributed by atoms with van der Waals surface area (Å²) in [4.78, 5) is 7.93. The van der Waals surface area contributed by atoms with E-state index in [1.54, 1.807) is 0 Å². The molecule has 0 saturated carbocycles. The molecule has 0 amide bonds. The first kappa shape index (κ1) is 11.8. The molecule has 0 saturated heterocycles. The third-order valence-electron chi connectivity index (χ3n) is 2.17. The van der Waals surface area contributed by atoms with Gasteiger partial charge in [-0.2, -0.15) is 0 Å². The zero-order valence-corrected chi connectivity index (χ0v) is 9.87. The lowest BCUT2D eigenvalue weighted by molar-refractivity contribution is 0.235. The second-order valence-electron chi connectivity index (χ2n) is 4.85. The van der Waals surface area contributed by atoms with Crippen LogP contribution in [0.25, 0.3) is 0 Å². The van der Waals surface area contributed by atoms with Crippen molar-refractivity contribution in [1.82, 2.24) is 9.97 Å². The Labute approximate surface area is 90.9 Å². The molecule has 2 N–H and O–H groups in total. The largest absolute Gasteiger partial charge is 0.477 e. The van der Waals surface area contributed by atoms with E-state index in [9.17, 15) is 0 Å². The number of ether oxygens (including phenoxy) is 1. The van der Waals surface area contributed by atoms with Crippen LogP contribution >= 0.6 is 0 Å². The van der Waals surface area contributed by atoms with E-state index in [2.05, 4.69) is 30.7 Å². The highest BCUT2D eigenvalue weighted by molar-refractivity contribution is 5.42. The fourth-order valence-corrected chi connectivity index (χ4v) is 1.05. The second kappa shape index (κ2) is 4.47. The van der Waals surface area contributed by atoms with Crippen LogP contribution in [-0.2, 0) is 0 Å². The van der Waals surface area contributed by atoms with E-state index in [4.69, 9.17) is 10.5 Å². The summed E-state index contributed by atoms with van der Waals surface area (Å²) in [6, 6.07) is 0. The molecule has 15 heavy (non-hydrogen) atoms. The number of nitrogen functional groups attached to an aromatic ring is 1. The van der Waals surface area contributed by atoms with Crippen molar-refractivity contribution in [3.8, 4) is 5.88 Å². The van der Waals surface area contributed by atoms with Gasteiger partial charge in [-0.25, -0.2) is 9.97 Å². The average molecular weight is 209 g/mol. The van der Waals surface area contributed by atoms with E-state index in [0.717, 1.165) is 12.0 Å². The molecule has 0 bridgehead atoms. The van der Waals surface area contributed by atoms with Gasteiger partial charge in [0.15, 0.2) is 0 Å². The van der Waals surface area contributed by atoms with Crippen molar-refractivity contribution in [2.45, 2.75) is 34.1 Å². The number of rotatable bonds is 3. The van der Waals surface area contributed by atoms with Gasteiger partial charge >= 0.3 is 0 Å². The first-order valence-corrected chi connectivity index (χ1v) is 5.10. The van der Waals surface area contributed by atoms with E-state index >= 15 is 0 Å². The summed E-state index contributed by atoms with van der Waals surface area (Å²) in [5, 5.41) is 0. The predicted molar refractivity (Wildman–Crippen MR) is 60.7 cm³/mol. The summed E-state index contributed by atoms with van der Waals surface area (Å²) in [7, 11) is 0. The Morgan fingerprint density at radius 2 is 2.00 bits per heavy atom. The lowest BCUT2D eigenvalue weighted by Gasteiger charge is -2.18. The molecule has 0 aliphatic carbocycles. The Bertz CT molecular complexity index is 331. The van der Waals surface area contributed by atoms with E-state index < -0.39 is 0 Å². The monoisotopic (exact) mass is 209 g/mol. The molecule has 0 fully saturated rings. The summed E-state index contributed by atoms with van der Waals surface area (Å²) in [6.07, 6.45) is 2.41. The van der Waals surface area contributed by atoms with Crippen molar-refractivity contribution in [3.05, 3.63) is 11.9 Å². The van der Waals surface area contributed by atoms with Crippen LogP contribution in [0.4, 0.5) is 5.82 Å².